The highest BCUT2D eigenvalue weighted by Crippen LogP contribution is 2.32. The summed E-state index contributed by atoms with van der Waals surface area (Å²) in [5.74, 6) is 0. The Labute approximate surface area is 93.0 Å². The van der Waals surface area contributed by atoms with Crippen molar-refractivity contribution in [2.75, 3.05) is 5.73 Å². The summed E-state index contributed by atoms with van der Waals surface area (Å²) in [6, 6.07) is 0. The van der Waals surface area contributed by atoms with Crippen LogP contribution in [0.2, 0.25) is 15.3 Å². The lowest BCUT2D eigenvalue weighted by atomic mass is 10.3. The normalized spacial score (nSPS) is 9.08. The zero-order valence-electron chi connectivity index (χ0n) is 7.66. The molecule has 0 saturated heterocycles. The number of anilines is 1. The van der Waals surface area contributed by atoms with E-state index in [2.05, 4.69) is 4.98 Å². The monoisotopic (exact) mass is 240 g/mol. The summed E-state index contributed by atoms with van der Waals surface area (Å²) in [5, 5.41) is 0.685. The minimum Gasteiger partial charge on any atom is -0.397 e. The van der Waals surface area contributed by atoms with Crippen LogP contribution in [0.25, 0.3) is 0 Å². The number of nitrogens with zero attached hydrogens (tertiary/aromatic N) is 1. The first-order valence-electron chi connectivity index (χ1n) is 3.80. The molecule has 0 aromatic carbocycles. The highest BCUT2D eigenvalue weighted by atomic mass is 35.5. The standard InChI is InChI=1S/C6H5Cl3N2.C2H6/c1-2-4(10)3(7)6(9)11-5(2)8;1-2/h1H3,(H2,10,11);1-2H3. The van der Waals surface area contributed by atoms with Crippen molar-refractivity contribution in [3.8, 4) is 0 Å². The number of pyridine rings is 1. The molecule has 1 aromatic rings. The van der Waals surface area contributed by atoms with Crippen molar-refractivity contribution < 1.29 is 0 Å². The van der Waals surface area contributed by atoms with Gasteiger partial charge in [0.25, 0.3) is 0 Å². The average Bonchev–Trinajstić information content (AvgIpc) is 2.15. The molecule has 0 unspecified atom stereocenters. The lowest BCUT2D eigenvalue weighted by Crippen LogP contribution is -1.94. The van der Waals surface area contributed by atoms with Gasteiger partial charge in [0, 0.05) is 5.56 Å². The smallest absolute Gasteiger partial charge is 0.151 e. The van der Waals surface area contributed by atoms with Gasteiger partial charge in [-0.3, -0.25) is 0 Å². The number of nitrogens with two attached hydrogens (primary N) is 1. The van der Waals surface area contributed by atoms with Crippen molar-refractivity contribution in [3.63, 3.8) is 0 Å². The zero-order valence-corrected chi connectivity index (χ0v) is 9.93. The first-order valence-corrected chi connectivity index (χ1v) is 4.94. The summed E-state index contributed by atoms with van der Waals surface area (Å²) in [4.78, 5) is 3.75. The lowest BCUT2D eigenvalue weighted by Gasteiger charge is -2.04. The van der Waals surface area contributed by atoms with E-state index in [1.54, 1.807) is 6.92 Å². The molecule has 1 heterocycles. The van der Waals surface area contributed by atoms with E-state index in [1.807, 2.05) is 13.8 Å². The third-order valence-corrected chi connectivity index (χ3v) is 2.45. The number of halogens is 3. The molecule has 5 heteroatoms. The molecular weight excluding hydrogens is 230 g/mol. The van der Waals surface area contributed by atoms with Crippen LogP contribution in [-0.4, -0.2) is 4.98 Å². The topological polar surface area (TPSA) is 38.9 Å². The van der Waals surface area contributed by atoms with Crippen LogP contribution in [0.5, 0.6) is 0 Å². The number of rotatable bonds is 0. The third-order valence-electron chi connectivity index (χ3n) is 1.33. The first kappa shape index (κ1) is 12.8. The van der Waals surface area contributed by atoms with E-state index in [1.165, 1.54) is 0 Å². The van der Waals surface area contributed by atoms with Crippen LogP contribution in [0.1, 0.15) is 19.4 Å². The maximum atomic E-state index is 5.68. The van der Waals surface area contributed by atoms with Gasteiger partial charge in [-0.25, -0.2) is 4.98 Å². The van der Waals surface area contributed by atoms with E-state index < -0.39 is 0 Å². The highest BCUT2D eigenvalue weighted by molar-refractivity contribution is 6.43. The molecule has 13 heavy (non-hydrogen) atoms. The van der Waals surface area contributed by atoms with Gasteiger partial charge in [-0.05, 0) is 6.92 Å². The fraction of sp³-hybridized carbons (Fsp3) is 0.375. The van der Waals surface area contributed by atoms with Gasteiger partial charge in [-0.1, -0.05) is 48.7 Å². The Hall–Kier alpha value is -0.180. The van der Waals surface area contributed by atoms with Crippen molar-refractivity contribution in [3.05, 3.63) is 20.9 Å². The zero-order chi connectivity index (χ0) is 10.6. The number of nitrogen functional groups attached to an aromatic ring is 1. The third kappa shape index (κ3) is 2.90. The number of hydrogen-bond donors (Lipinski definition) is 1. The molecule has 0 atom stereocenters. The predicted molar refractivity (Wildman–Crippen MR) is 59.8 cm³/mol. The average molecular weight is 242 g/mol. The summed E-state index contributed by atoms with van der Waals surface area (Å²) >= 11 is 16.9. The first-order chi connectivity index (χ1) is 6.04. The largest absolute Gasteiger partial charge is 0.397 e. The maximum Gasteiger partial charge on any atom is 0.151 e. The SMILES string of the molecule is CC.Cc1c(Cl)nc(Cl)c(Cl)c1N. The van der Waals surface area contributed by atoms with E-state index in [0.29, 0.717) is 11.3 Å². The van der Waals surface area contributed by atoms with Crippen LogP contribution >= 0.6 is 34.8 Å². The molecule has 1 aromatic heterocycles. The second-order valence-electron chi connectivity index (χ2n) is 2.05. The van der Waals surface area contributed by atoms with Gasteiger partial charge in [-0.2, -0.15) is 0 Å². The van der Waals surface area contributed by atoms with E-state index in [9.17, 15) is 0 Å². The second-order valence-corrected chi connectivity index (χ2v) is 3.14. The van der Waals surface area contributed by atoms with Crippen LogP contribution < -0.4 is 5.73 Å². The van der Waals surface area contributed by atoms with E-state index in [0.717, 1.165) is 0 Å². The Balaban J connectivity index is 0.000000671. The summed E-state index contributed by atoms with van der Waals surface area (Å²) in [6.45, 7) is 5.73. The van der Waals surface area contributed by atoms with E-state index >= 15 is 0 Å². The number of aromatic nitrogens is 1. The molecule has 0 saturated carbocycles. The van der Waals surface area contributed by atoms with Crippen LogP contribution in [-0.2, 0) is 0 Å². The molecule has 0 spiro atoms. The fourth-order valence-corrected chi connectivity index (χ4v) is 1.21. The Morgan fingerprint density at radius 2 is 1.54 bits per heavy atom. The Morgan fingerprint density at radius 3 is 2.00 bits per heavy atom. The lowest BCUT2D eigenvalue weighted by molar-refractivity contribution is 1.27. The van der Waals surface area contributed by atoms with Gasteiger partial charge >= 0.3 is 0 Å². The Morgan fingerprint density at radius 1 is 1.08 bits per heavy atom. The van der Waals surface area contributed by atoms with Crippen LogP contribution in [0.4, 0.5) is 5.69 Å². The molecule has 0 amide bonds. The quantitative estimate of drug-likeness (QED) is 0.698. The van der Waals surface area contributed by atoms with Crippen molar-refractivity contribution in [2.24, 2.45) is 0 Å². The molecular formula is C8H11Cl3N2. The summed E-state index contributed by atoms with van der Waals surface area (Å²) in [7, 11) is 0. The second kappa shape index (κ2) is 5.53. The minimum absolute atomic E-state index is 0.139. The van der Waals surface area contributed by atoms with Crippen molar-refractivity contribution in [1.82, 2.24) is 4.98 Å². The number of hydrogen-bond acceptors (Lipinski definition) is 2. The maximum absolute atomic E-state index is 5.68. The molecule has 0 radical (unpaired) electrons. The van der Waals surface area contributed by atoms with Gasteiger partial charge < -0.3 is 5.73 Å². The van der Waals surface area contributed by atoms with Crippen LogP contribution in [0.15, 0.2) is 0 Å². The molecule has 1 rings (SSSR count). The summed E-state index contributed by atoms with van der Waals surface area (Å²) in [6.07, 6.45) is 0. The van der Waals surface area contributed by atoms with Crippen LogP contribution in [0, 0.1) is 6.92 Å². The minimum atomic E-state index is 0.139. The van der Waals surface area contributed by atoms with Gasteiger partial charge in [0.2, 0.25) is 0 Å². The molecule has 2 nitrogen and oxygen atoms in total. The predicted octanol–water partition coefficient (Wildman–Crippen LogP) is 3.96. The molecule has 0 aliphatic rings. The van der Waals surface area contributed by atoms with Crippen molar-refractivity contribution in [1.29, 1.82) is 0 Å². The summed E-state index contributed by atoms with van der Waals surface area (Å²) < 4.78 is 0. The van der Waals surface area contributed by atoms with Crippen LogP contribution in [0.3, 0.4) is 0 Å². The van der Waals surface area contributed by atoms with Crippen molar-refractivity contribution >= 4 is 40.5 Å². The molecule has 2 N–H and O–H groups in total. The van der Waals surface area contributed by atoms with Gasteiger partial charge in [-0.15, -0.1) is 0 Å². The Kier molecular flexibility index (Phi) is 5.45. The fourth-order valence-electron chi connectivity index (χ4n) is 0.606. The van der Waals surface area contributed by atoms with Gasteiger partial charge in [0.15, 0.2) is 5.15 Å². The van der Waals surface area contributed by atoms with Gasteiger partial charge in [0.1, 0.15) is 10.2 Å². The molecule has 0 aliphatic carbocycles. The highest BCUT2D eigenvalue weighted by Gasteiger charge is 2.09. The molecule has 0 fully saturated rings. The Bertz CT molecular complexity index is 274. The van der Waals surface area contributed by atoms with Gasteiger partial charge in [0.05, 0.1) is 5.69 Å². The van der Waals surface area contributed by atoms with E-state index in [-0.39, 0.29) is 15.3 Å². The van der Waals surface area contributed by atoms with E-state index in [4.69, 9.17) is 40.5 Å². The molecule has 0 bridgehead atoms. The summed E-state index contributed by atoms with van der Waals surface area (Å²) in [5.41, 5.74) is 6.58. The molecule has 74 valence electrons. The molecule has 0 aliphatic heterocycles. The van der Waals surface area contributed by atoms with Crippen molar-refractivity contribution in [2.45, 2.75) is 20.8 Å².